The van der Waals surface area contributed by atoms with E-state index in [2.05, 4.69) is 42.0 Å². The Bertz CT molecular complexity index is 880. The van der Waals surface area contributed by atoms with Crippen molar-refractivity contribution in [2.45, 2.75) is 32.9 Å². The van der Waals surface area contributed by atoms with E-state index in [4.69, 9.17) is 10.4 Å². The van der Waals surface area contributed by atoms with Gasteiger partial charge in [0, 0.05) is 37.9 Å². The van der Waals surface area contributed by atoms with E-state index in [-0.39, 0.29) is 5.82 Å². The molecule has 3 aromatic rings. The van der Waals surface area contributed by atoms with E-state index in [9.17, 15) is 0 Å². The highest BCUT2D eigenvalue weighted by molar-refractivity contribution is 5.83. The molecule has 138 valence electrons. The van der Waals surface area contributed by atoms with Crippen LogP contribution in [0.25, 0.3) is 22.6 Å². The Morgan fingerprint density at radius 2 is 2.08 bits per heavy atom. The molecule has 0 unspecified atom stereocenters. The molecule has 1 fully saturated rings. The van der Waals surface area contributed by atoms with Gasteiger partial charge in [-0.25, -0.2) is 9.61 Å². The number of pyridine rings is 1. The summed E-state index contributed by atoms with van der Waals surface area (Å²) in [6.45, 7) is 8.04. The zero-order valence-electron chi connectivity index (χ0n) is 15.0. The molecule has 0 saturated carbocycles. The summed E-state index contributed by atoms with van der Waals surface area (Å²) in [4.78, 5) is 11.5. The molecule has 4 rings (SSSR count). The van der Waals surface area contributed by atoms with Gasteiger partial charge in [-0.2, -0.15) is 0 Å². The molecule has 4 heterocycles. The number of nitrogens with two attached hydrogens (primary N) is 1. The SMILES string of the molecule is CCn1c(-c2nonc2N)nc2cncc(CNCCN3CCCC3)c21. The summed E-state index contributed by atoms with van der Waals surface area (Å²) in [5, 5.41) is 11.1. The maximum atomic E-state index is 5.86. The minimum absolute atomic E-state index is 0.244. The van der Waals surface area contributed by atoms with E-state index < -0.39 is 0 Å². The highest BCUT2D eigenvalue weighted by atomic mass is 16.6. The highest BCUT2D eigenvalue weighted by Gasteiger charge is 2.20. The summed E-state index contributed by atoms with van der Waals surface area (Å²) in [6.07, 6.45) is 6.30. The van der Waals surface area contributed by atoms with E-state index in [1.807, 2.05) is 6.20 Å². The topological polar surface area (TPSA) is 111 Å². The fourth-order valence-corrected chi connectivity index (χ4v) is 3.59. The summed E-state index contributed by atoms with van der Waals surface area (Å²) in [6, 6.07) is 0. The van der Waals surface area contributed by atoms with Gasteiger partial charge in [-0.15, -0.1) is 0 Å². The number of hydrogen-bond donors (Lipinski definition) is 2. The van der Waals surface area contributed by atoms with Crippen LogP contribution in [0.15, 0.2) is 17.0 Å². The van der Waals surface area contributed by atoms with Crippen LogP contribution in [0.3, 0.4) is 0 Å². The maximum Gasteiger partial charge on any atom is 0.199 e. The number of nitrogens with zero attached hydrogens (tertiary/aromatic N) is 6. The summed E-state index contributed by atoms with van der Waals surface area (Å²) in [7, 11) is 0. The Balaban J connectivity index is 1.57. The van der Waals surface area contributed by atoms with Crippen molar-refractivity contribution in [3.8, 4) is 11.5 Å². The van der Waals surface area contributed by atoms with E-state index in [1.165, 1.54) is 25.9 Å². The molecular formula is C17H24N8O. The van der Waals surface area contributed by atoms with Crippen molar-refractivity contribution >= 4 is 16.9 Å². The predicted molar refractivity (Wildman–Crippen MR) is 98.3 cm³/mol. The Labute approximate surface area is 151 Å². The third-order valence-electron chi connectivity index (χ3n) is 4.89. The molecule has 0 radical (unpaired) electrons. The summed E-state index contributed by atoms with van der Waals surface area (Å²) in [5.41, 5.74) is 9.31. The van der Waals surface area contributed by atoms with Gasteiger partial charge in [0.05, 0.1) is 11.7 Å². The molecule has 0 spiro atoms. The van der Waals surface area contributed by atoms with E-state index >= 15 is 0 Å². The predicted octanol–water partition coefficient (Wildman–Crippen LogP) is 1.27. The molecule has 0 atom stereocenters. The number of aryl methyl sites for hydroxylation is 1. The second-order valence-corrected chi connectivity index (χ2v) is 6.57. The van der Waals surface area contributed by atoms with Crippen LogP contribution in [0.1, 0.15) is 25.3 Å². The second-order valence-electron chi connectivity index (χ2n) is 6.57. The zero-order chi connectivity index (χ0) is 17.9. The van der Waals surface area contributed by atoms with Crippen molar-refractivity contribution in [1.82, 2.24) is 35.1 Å². The third-order valence-corrected chi connectivity index (χ3v) is 4.89. The first-order valence-corrected chi connectivity index (χ1v) is 9.12. The van der Waals surface area contributed by atoms with Crippen LogP contribution < -0.4 is 11.1 Å². The first-order valence-electron chi connectivity index (χ1n) is 9.12. The van der Waals surface area contributed by atoms with Crippen LogP contribution in [-0.4, -0.2) is 55.9 Å². The van der Waals surface area contributed by atoms with Gasteiger partial charge >= 0.3 is 0 Å². The van der Waals surface area contributed by atoms with Gasteiger partial charge in [0.25, 0.3) is 0 Å². The minimum atomic E-state index is 0.244. The number of fused-ring (bicyclic) bond motifs is 1. The normalized spacial score (nSPS) is 15.3. The molecule has 0 aliphatic carbocycles. The van der Waals surface area contributed by atoms with E-state index in [0.717, 1.165) is 42.8 Å². The lowest BCUT2D eigenvalue weighted by Gasteiger charge is -2.15. The molecule has 0 amide bonds. The molecule has 9 nitrogen and oxygen atoms in total. The minimum Gasteiger partial charge on any atom is -0.379 e. The standard InChI is InChI=1S/C17H24N8O/c1-2-25-15-12(9-19-5-8-24-6-3-4-7-24)10-20-11-13(15)21-17(25)14-16(18)23-26-22-14/h10-11,19H,2-9H2,1H3,(H2,18,23). The molecule has 9 heteroatoms. The van der Waals surface area contributed by atoms with Crippen LogP contribution in [0, 0.1) is 0 Å². The first kappa shape index (κ1) is 16.9. The van der Waals surface area contributed by atoms with Gasteiger partial charge in [0.1, 0.15) is 5.52 Å². The van der Waals surface area contributed by atoms with Gasteiger partial charge in [0.15, 0.2) is 17.3 Å². The molecule has 1 aliphatic rings. The second kappa shape index (κ2) is 7.38. The number of nitrogen functional groups attached to an aromatic ring is 1. The lowest BCUT2D eigenvalue weighted by Crippen LogP contribution is -2.29. The van der Waals surface area contributed by atoms with Crippen LogP contribution in [0.5, 0.6) is 0 Å². The number of aromatic nitrogens is 5. The third kappa shape index (κ3) is 3.15. The molecule has 1 aliphatic heterocycles. The number of hydrogen-bond acceptors (Lipinski definition) is 8. The average Bonchev–Trinajstić information content (AvgIpc) is 3.37. The zero-order valence-corrected chi connectivity index (χ0v) is 15.0. The lowest BCUT2D eigenvalue weighted by molar-refractivity contribution is 0.310. The molecular weight excluding hydrogens is 332 g/mol. The first-order chi connectivity index (χ1) is 12.8. The van der Waals surface area contributed by atoms with Crippen LogP contribution in [-0.2, 0) is 13.1 Å². The summed E-state index contributed by atoms with van der Waals surface area (Å²) >= 11 is 0. The fourth-order valence-electron chi connectivity index (χ4n) is 3.59. The Morgan fingerprint density at radius 3 is 2.81 bits per heavy atom. The Kier molecular flexibility index (Phi) is 4.81. The van der Waals surface area contributed by atoms with Gasteiger partial charge in [-0.1, -0.05) is 0 Å². The number of likely N-dealkylation sites (tertiary alicyclic amines) is 1. The average molecular weight is 356 g/mol. The maximum absolute atomic E-state index is 5.86. The van der Waals surface area contributed by atoms with E-state index in [1.54, 1.807) is 6.20 Å². The van der Waals surface area contributed by atoms with Crippen molar-refractivity contribution in [2.24, 2.45) is 0 Å². The number of anilines is 1. The monoisotopic (exact) mass is 356 g/mol. The Hall–Kier alpha value is -2.52. The van der Waals surface area contributed by atoms with Crippen molar-refractivity contribution in [2.75, 3.05) is 31.9 Å². The molecule has 26 heavy (non-hydrogen) atoms. The number of nitrogens with one attached hydrogen (secondary N) is 1. The highest BCUT2D eigenvalue weighted by Crippen LogP contribution is 2.27. The van der Waals surface area contributed by atoms with Crippen molar-refractivity contribution in [3.05, 3.63) is 18.0 Å². The largest absolute Gasteiger partial charge is 0.379 e. The van der Waals surface area contributed by atoms with Crippen molar-refractivity contribution in [3.63, 3.8) is 0 Å². The summed E-state index contributed by atoms with van der Waals surface area (Å²) < 4.78 is 6.83. The molecule has 3 aromatic heterocycles. The molecule has 0 aromatic carbocycles. The van der Waals surface area contributed by atoms with Gasteiger partial charge in [0.2, 0.25) is 0 Å². The number of rotatable bonds is 7. The fraction of sp³-hybridized carbons (Fsp3) is 0.529. The van der Waals surface area contributed by atoms with Crippen LogP contribution in [0.2, 0.25) is 0 Å². The molecule has 1 saturated heterocycles. The van der Waals surface area contributed by atoms with Crippen molar-refractivity contribution < 1.29 is 4.63 Å². The van der Waals surface area contributed by atoms with Gasteiger partial charge < -0.3 is 20.5 Å². The Morgan fingerprint density at radius 1 is 1.23 bits per heavy atom. The van der Waals surface area contributed by atoms with Gasteiger partial charge in [-0.05, 0) is 43.2 Å². The number of imidazole rings is 1. The summed E-state index contributed by atoms with van der Waals surface area (Å²) in [5.74, 6) is 0.904. The van der Waals surface area contributed by atoms with E-state index in [0.29, 0.717) is 11.5 Å². The molecule has 0 bridgehead atoms. The van der Waals surface area contributed by atoms with Crippen LogP contribution in [0.4, 0.5) is 5.82 Å². The van der Waals surface area contributed by atoms with Crippen LogP contribution >= 0.6 is 0 Å². The smallest absolute Gasteiger partial charge is 0.199 e. The van der Waals surface area contributed by atoms with Crippen molar-refractivity contribution in [1.29, 1.82) is 0 Å². The molecule has 3 N–H and O–H groups in total. The van der Waals surface area contributed by atoms with Gasteiger partial charge in [-0.3, -0.25) is 4.98 Å². The quantitative estimate of drug-likeness (QED) is 0.609. The lowest BCUT2D eigenvalue weighted by atomic mass is 10.2.